The van der Waals surface area contributed by atoms with Crippen LogP contribution >= 0.6 is 11.3 Å². The molecule has 2 rings (SSSR count). The molecule has 0 spiro atoms. The van der Waals surface area contributed by atoms with Crippen molar-refractivity contribution in [3.05, 3.63) is 41.9 Å². The number of allylic oxidation sites excluding steroid dienone is 1. The van der Waals surface area contributed by atoms with E-state index in [2.05, 4.69) is 6.58 Å². The average molecular weight is 220 g/mol. The van der Waals surface area contributed by atoms with Gasteiger partial charge in [-0.05, 0) is 12.1 Å². The first kappa shape index (κ1) is 9.86. The van der Waals surface area contributed by atoms with E-state index in [4.69, 9.17) is 5.11 Å². The summed E-state index contributed by atoms with van der Waals surface area (Å²) in [5.74, 6) is -0.891. The van der Waals surface area contributed by atoms with Crippen molar-refractivity contribution >= 4 is 27.5 Å². The normalized spacial score (nSPS) is 10.4. The van der Waals surface area contributed by atoms with Gasteiger partial charge in [-0.1, -0.05) is 30.0 Å². The highest BCUT2D eigenvalue weighted by atomic mass is 32.1. The van der Waals surface area contributed by atoms with E-state index in [-0.39, 0.29) is 0 Å². The monoisotopic (exact) mass is 220 g/mol. The molecule has 0 aliphatic rings. The van der Waals surface area contributed by atoms with Crippen LogP contribution in [0.25, 0.3) is 10.2 Å². The number of hydrogen-bond acceptors (Lipinski definition) is 2. The highest BCUT2D eigenvalue weighted by Crippen LogP contribution is 2.19. The molecule has 0 aliphatic heterocycles. The van der Waals surface area contributed by atoms with Crippen LogP contribution in [-0.2, 0) is 6.54 Å². The summed E-state index contributed by atoms with van der Waals surface area (Å²) < 4.78 is 2.74. The maximum Gasteiger partial charge on any atom is 0.412 e. The SMILES string of the molecule is C=CC[n+]1c(C(=O)O)sc2ccccc21. The minimum atomic E-state index is -0.891. The Balaban J connectivity index is 2.73. The summed E-state index contributed by atoms with van der Waals surface area (Å²) in [6.45, 7) is 4.15. The van der Waals surface area contributed by atoms with Gasteiger partial charge in [0.25, 0.3) is 0 Å². The lowest BCUT2D eigenvalue weighted by molar-refractivity contribution is -0.659. The van der Waals surface area contributed by atoms with Crippen LogP contribution in [0.2, 0.25) is 0 Å². The summed E-state index contributed by atoms with van der Waals surface area (Å²) in [5.41, 5.74) is 0.944. The van der Waals surface area contributed by atoms with Gasteiger partial charge in [0, 0.05) is 6.07 Å². The zero-order valence-corrected chi connectivity index (χ0v) is 8.83. The van der Waals surface area contributed by atoms with E-state index < -0.39 is 5.97 Å². The number of carbonyl (C=O) groups is 1. The first-order valence-corrected chi connectivity index (χ1v) is 5.31. The second kappa shape index (κ2) is 3.82. The molecule has 0 aliphatic carbocycles. The Morgan fingerprint density at radius 2 is 2.27 bits per heavy atom. The molecule has 0 amide bonds. The number of aromatic nitrogens is 1. The van der Waals surface area contributed by atoms with Crippen molar-refractivity contribution in [2.24, 2.45) is 0 Å². The molecular formula is C11H10NO2S+. The summed E-state index contributed by atoms with van der Waals surface area (Å²) in [6.07, 6.45) is 1.70. The zero-order chi connectivity index (χ0) is 10.8. The minimum absolute atomic E-state index is 0.344. The highest BCUT2D eigenvalue weighted by molar-refractivity contribution is 7.19. The molecular weight excluding hydrogens is 210 g/mol. The van der Waals surface area contributed by atoms with Gasteiger partial charge in [0.15, 0.2) is 6.54 Å². The van der Waals surface area contributed by atoms with E-state index in [1.54, 1.807) is 10.6 Å². The van der Waals surface area contributed by atoms with E-state index >= 15 is 0 Å². The maximum atomic E-state index is 11.0. The van der Waals surface area contributed by atoms with Gasteiger partial charge >= 0.3 is 11.0 Å². The van der Waals surface area contributed by atoms with Gasteiger partial charge in [0.2, 0.25) is 5.52 Å². The van der Waals surface area contributed by atoms with Crippen molar-refractivity contribution in [1.82, 2.24) is 0 Å². The molecule has 0 fully saturated rings. The van der Waals surface area contributed by atoms with Crippen LogP contribution in [0, 0.1) is 0 Å². The first-order chi connectivity index (χ1) is 7.24. The molecule has 3 nitrogen and oxygen atoms in total. The van der Waals surface area contributed by atoms with Crippen molar-refractivity contribution < 1.29 is 14.5 Å². The van der Waals surface area contributed by atoms with Gasteiger partial charge in [-0.2, -0.15) is 4.57 Å². The number of rotatable bonds is 3. The molecule has 0 saturated carbocycles. The van der Waals surface area contributed by atoms with Gasteiger partial charge in [0.05, 0.1) is 0 Å². The molecule has 0 saturated heterocycles. The van der Waals surface area contributed by atoms with Crippen LogP contribution in [-0.4, -0.2) is 11.1 Å². The second-order valence-corrected chi connectivity index (χ2v) is 4.11. The third-order valence-corrected chi connectivity index (χ3v) is 3.26. The third-order valence-electron chi connectivity index (χ3n) is 2.10. The third kappa shape index (κ3) is 1.64. The molecule has 0 radical (unpaired) electrons. The minimum Gasteiger partial charge on any atom is -0.473 e. The Morgan fingerprint density at radius 3 is 2.93 bits per heavy atom. The molecule has 0 unspecified atom stereocenters. The van der Waals surface area contributed by atoms with Crippen molar-refractivity contribution in [1.29, 1.82) is 0 Å². The number of fused-ring (bicyclic) bond motifs is 1. The number of nitrogens with zero attached hydrogens (tertiary/aromatic N) is 1. The smallest absolute Gasteiger partial charge is 0.412 e. The number of para-hydroxylation sites is 1. The summed E-state index contributed by atoms with van der Waals surface area (Å²) >= 11 is 1.29. The molecule has 2 aromatic rings. The predicted octanol–water partition coefficient (Wildman–Crippen LogP) is 2.07. The van der Waals surface area contributed by atoms with Gasteiger partial charge < -0.3 is 5.11 Å². The Kier molecular flexibility index (Phi) is 2.51. The molecule has 4 heteroatoms. The van der Waals surface area contributed by atoms with Crippen molar-refractivity contribution in [3.8, 4) is 0 Å². The molecule has 1 aromatic heterocycles. The quantitative estimate of drug-likeness (QED) is 0.635. The molecule has 1 N–H and O–H groups in total. The molecule has 15 heavy (non-hydrogen) atoms. The zero-order valence-electron chi connectivity index (χ0n) is 8.01. The van der Waals surface area contributed by atoms with Crippen LogP contribution in [0.4, 0.5) is 0 Å². The standard InChI is InChI=1S/C11H9NO2S/c1-2-7-12-8-5-3-4-6-9(8)15-10(12)11(13)14/h2-6H,1,7H2/p+1. The largest absolute Gasteiger partial charge is 0.473 e. The van der Waals surface area contributed by atoms with Gasteiger partial charge in [0.1, 0.15) is 4.70 Å². The Hall–Kier alpha value is -1.68. The second-order valence-electron chi connectivity index (χ2n) is 3.08. The van der Waals surface area contributed by atoms with Crippen LogP contribution in [0.5, 0.6) is 0 Å². The lowest BCUT2D eigenvalue weighted by Crippen LogP contribution is -2.37. The molecule has 1 aromatic carbocycles. The first-order valence-electron chi connectivity index (χ1n) is 4.49. The van der Waals surface area contributed by atoms with E-state index in [1.165, 1.54) is 11.3 Å². The number of benzene rings is 1. The molecule has 76 valence electrons. The van der Waals surface area contributed by atoms with Crippen LogP contribution in [0.1, 0.15) is 9.80 Å². The Labute approximate surface area is 90.9 Å². The number of carboxylic acids is 1. The highest BCUT2D eigenvalue weighted by Gasteiger charge is 2.24. The molecule has 1 heterocycles. The molecule has 0 bridgehead atoms. The van der Waals surface area contributed by atoms with Crippen molar-refractivity contribution in [2.75, 3.05) is 0 Å². The van der Waals surface area contributed by atoms with Crippen molar-refractivity contribution in [2.45, 2.75) is 6.54 Å². The number of aromatic carboxylic acids is 1. The van der Waals surface area contributed by atoms with Crippen LogP contribution < -0.4 is 4.57 Å². The number of hydrogen-bond donors (Lipinski definition) is 1. The summed E-state index contributed by atoms with van der Waals surface area (Å²) in [6, 6.07) is 7.65. The van der Waals surface area contributed by atoms with Gasteiger partial charge in [-0.15, -0.1) is 0 Å². The van der Waals surface area contributed by atoms with Gasteiger partial charge in [-0.25, -0.2) is 4.79 Å². The summed E-state index contributed by atoms with van der Waals surface area (Å²) in [4.78, 5) is 11.0. The molecule has 0 atom stereocenters. The van der Waals surface area contributed by atoms with E-state index in [1.807, 2.05) is 24.3 Å². The lowest BCUT2D eigenvalue weighted by atomic mass is 10.3. The predicted molar refractivity (Wildman–Crippen MR) is 59.2 cm³/mol. The fourth-order valence-electron chi connectivity index (χ4n) is 1.50. The Morgan fingerprint density at radius 1 is 1.53 bits per heavy atom. The van der Waals surface area contributed by atoms with E-state index in [9.17, 15) is 4.79 Å². The lowest BCUT2D eigenvalue weighted by Gasteiger charge is -1.90. The summed E-state index contributed by atoms with van der Waals surface area (Å²) in [7, 11) is 0. The number of thiazole rings is 1. The van der Waals surface area contributed by atoms with Crippen LogP contribution in [0.3, 0.4) is 0 Å². The maximum absolute atomic E-state index is 11.0. The fourth-order valence-corrected chi connectivity index (χ4v) is 2.51. The van der Waals surface area contributed by atoms with Crippen molar-refractivity contribution in [3.63, 3.8) is 0 Å². The Bertz CT molecular complexity index is 530. The van der Waals surface area contributed by atoms with Gasteiger partial charge in [-0.3, -0.25) is 0 Å². The fraction of sp³-hybridized carbons (Fsp3) is 0.0909. The van der Waals surface area contributed by atoms with Crippen LogP contribution in [0.15, 0.2) is 36.9 Å². The summed E-state index contributed by atoms with van der Waals surface area (Å²) in [5, 5.41) is 9.39. The van der Waals surface area contributed by atoms with E-state index in [0.717, 1.165) is 10.2 Å². The van der Waals surface area contributed by atoms with E-state index in [0.29, 0.717) is 11.6 Å². The topological polar surface area (TPSA) is 41.2 Å². The average Bonchev–Trinajstić information content (AvgIpc) is 2.58. The number of carboxylic acid groups (broad SMARTS) is 1.